The Hall–Kier alpha value is -0.320. The molecule has 0 aliphatic rings. The van der Waals surface area contributed by atoms with Gasteiger partial charge in [0.15, 0.2) is 0 Å². The van der Waals surface area contributed by atoms with Gasteiger partial charge in [0.25, 0.3) is 0 Å². The first-order chi connectivity index (χ1) is 5.54. The molecule has 0 aromatic carbocycles. The largest absolute Gasteiger partial charge is 0.480 e. The summed E-state index contributed by atoms with van der Waals surface area (Å²) in [5.41, 5.74) is 5.21. The van der Waals surface area contributed by atoms with E-state index in [0.717, 1.165) is 6.42 Å². The van der Waals surface area contributed by atoms with E-state index in [4.69, 9.17) is 15.6 Å². The quantitative estimate of drug-likeness (QED) is 0.640. The van der Waals surface area contributed by atoms with Gasteiger partial charge in [-0.25, -0.2) is 0 Å². The molecule has 0 spiro atoms. The predicted molar refractivity (Wildman–Crippen MR) is 53.1 cm³/mol. The van der Waals surface area contributed by atoms with Crippen LogP contribution in [0.25, 0.3) is 0 Å². The van der Waals surface area contributed by atoms with E-state index in [1.54, 1.807) is 0 Å². The maximum Gasteiger partial charge on any atom is 0.322 e. The summed E-state index contributed by atoms with van der Waals surface area (Å²) in [4.78, 5) is 10.2. The molecule has 0 fully saturated rings. The van der Waals surface area contributed by atoms with Crippen LogP contribution in [-0.4, -0.2) is 30.3 Å². The Morgan fingerprint density at radius 3 is 2.46 bits per heavy atom. The van der Waals surface area contributed by atoms with Gasteiger partial charge in [-0.15, -0.1) is 12.4 Å². The van der Waals surface area contributed by atoms with Crippen LogP contribution in [0.15, 0.2) is 0 Å². The van der Waals surface area contributed by atoms with Crippen molar-refractivity contribution in [3.05, 3.63) is 0 Å². The zero-order valence-electron chi connectivity index (χ0n) is 8.03. The summed E-state index contributed by atoms with van der Waals surface area (Å²) in [6.45, 7) is 4.85. The van der Waals surface area contributed by atoms with Crippen LogP contribution in [-0.2, 0) is 9.53 Å². The van der Waals surface area contributed by atoms with Gasteiger partial charge in [0.1, 0.15) is 6.04 Å². The Balaban J connectivity index is 0. The Bertz CT molecular complexity index is 141. The molecule has 0 aromatic heterocycles. The average Bonchev–Trinajstić information content (AvgIpc) is 1.97. The van der Waals surface area contributed by atoms with Crippen LogP contribution in [0.5, 0.6) is 0 Å². The van der Waals surface area contributed by atoms with E-state index in [0.29, 0.717) is 12.5 Å². The summed E-state index contributed by atoms with van der Waals surface area (Å²) in [7, 11) is 0. The van der Waals surface area contributed by atoms with Crippen LogP contribution in [0, 0.1) is 5.92 Å². The third-order valence-electron chi connectivity index (χ3n) is 1.45. The van der Waals surface area contributed by atoms with Gasteiger partial charge in [0, 0.05) is 6.61 Å². The van der Waals surface area contributed by atoms with Gasteiger partial charge in [0.05, 0.1) is 6.61 Å². The van der Waals surface area contributed by atoms with Crippen molar-refractivity contribution in [1.82, 2.24) is 0 Å². The highest BCUT2D eigenvalue weighted by atomic mass is 35.5. The first kappa shape index (κ1) is 15.2. The molecule has 0 unspecified atom stereocenters. The second-order valence-electron chi connectivity index (χ2n) is 3.20. The van der Waals surface area contributed by atoms with Gasteiger partial charge in [-0.1, -0.05) is 13.8 Å². The number of carbonyl (C=O) groups is 1. The van der Waals surface area contributed by atoms with Crippen LogP contribution in [0.2, 0.25) is 0 Å². The molecule has 0 aliphatic carbocycles. The third-order valence-corrected chi connectivity index (χ3v) is 1.45. The van der Waals surface area contributed by atoms with Crippen LogP contribution in [0.1, 0.15) is 20.3 Å². The minimum absolute atomic E-state index is 0. The molecule has 4 nitrogen and oxygen atoms in total. The summed E-state index contributed by atoms with van der Waals surface area (Å²) >= 11 is 0. The zero-order valence-corrected chi connectivity index (χ0v) is 8.84. The molecule has 13 heavy (non-hydrogen) atoms. The predicted octanol–water partition coefficient (Wildman–Crippen LogP) is 0.883. The number of carboxylic acid groups (broad SMARTS) is 1. The highest BCUT2D eigenvalue weighted by Crippen LogP contribution is 1.98. The third kappa shape index (κ3) is 9.60. The van der Waals surface area contributed by atoms with Crippen LogP contribution in [0.3, 0.4) is 0 Å². The summed E-state index contributed by atoms with van der Waals surface area (Å²) in [6.07, 6.45) is 0.937. The molecule has 0 saturated heterocycles. The Kier molecular flexibility index (Phi) is 9.67. The molecule has 80 valence electrons. The van der Waals surface area contributed by atoms with Gasteiger partial charge in [-0.05, 0) is 12.3 Å². The van der Waals surface area contributed by atoms with Gasteiger partial charge in [-0.2, -0.15) is 0 Å². The fraction of sp³-hybridized carbons (Fsp3) is 0.875. The average molecular weight is 212 g/mol. The SMILES string of the molecule is CC(C)CCOC[C@@H](N)C(=O)O.Cl. The van der Waals surface area contributed by atoms with Crippen LogP contribution >= 0.6 is 12.4 Å². The molecular formula is C8H18ClNO3. The van der Waals surface area contributed by atoms with Crippen LogP contribution < -0.4 is 5.73 Å². The first-order valence-electron chi connectivity index (χ1n) is 4.10. The molecule has 0 amide bonds. The normalized spacial score (nSPS) is 12.3. The summed E-state index contributed by atoms with van der Waals surface area (Å²) in [6, 6.07) is -0.892. The van der Waals surface area contributed by atoms with E-state index >= 15 is 0 Å². The Morgan fingerprint density at radius 2 is 2.08 bits per heavy atom. The molecule has 0 radical (unpaired) electrons. The lowest BCUT2D eigenvalue weighted by atomic mass is 10.1. The lowest BCUT2D eigenvalue weighted by Crippen LogP contribution is -2.35. The standard InChI is InChI=1S/C8H17NO3.ClH/c1-6(2)3-4-12-5-7(9)8(10)11;/h6-7H,3-5,9H2,1-2H3,(H,10,11);1H/t7-;/m1./s1. The molecule has 0 aromatic rings. The lowest BCUT2D eigenvalue weighted by Gasteiger charge is -2.08. The van der Waals surface area contributed by atoms with Gasteiger partial charge in [0.2, 0.25) is 0 Å². The van der Waals surface area contributed by atoms with E-state index < -0.39 is 12.0 Å². The number of hydrogen-bond acceptors (Lipinski definition) is 3. The molecule has 0 bridgehead atoms. The molecule has 0 saturated carbocycles. The van der Waals surface area contributed by atoms with Crippen molar-refractivity contribution in [2.24, 2.45) is 11.7 Å². The number of hydrogen-bond donors (Lipinski definition) is 2. The summed E-state index contributed by atoms with van der Waals surface area (Å²) < 4.78 is 5.06. The second-order valence-corrected chi connectivity index (χ2v) is 3.20. The van der Waals surface area contributed by atoms with Crippen LogP contribution in [0.4, 0.5) is 0 Å². The van der Waals surface area contributed by atoms with Crippen molar-refractivity contribution in [1.29, 1.82) is 0 Å². The topological polar surface area (TPSA) is 72.5 Å². The molecule has 0 heterocycles. The van der Waals surface area contributed by atoms with Crippen molar-refractivity contribution in [3.63, 3.8) is 0 Å². The number of carboxylic acids is 1. The van der Waals surface area contributed by atoms with Crippen molar-refractivity contribution >= 4 is 18.4 Å². The molecule has 3 N–H and O–H groups in total. The van der Waals surface area contributed by atoms with Crippen molar-refractivity contribution < 1.29 is 14.6 Å². The minimum atomic E-state index is -1.01. The molecule has 0 aliphatic heterocycles. The van der Waals surface area contributed by atoms with Crippen molar-refractivity contribution in [2.75, 3.05) is 13.2 Å². The lowest BCUT2D eigenvalue weighted by molar-refractivity contribution is -0.140. The summed E-state index contributed by atoms with van der Waals surface area (Å²) in [5, 5.41) is 8.39. The van der Waals surface area contributed by atoms with E-state index in [2.05, 4.69) is 13.8 Å². The van der Waals surface area contributed by atoms with E-state index in [1.165, 1.54) is 0 Å². The number of ether oxygens (including phenoxy) is 1. The fourth-order valence-corrected chi connectivity index (χ4v) is 0.601. The molecule has 5 heteroatoms. The van der Waals surface area contributed by atoms with E-state index in [9.17, 15) is 4.79 Å². The monoisotopic (exact) mass is 211 g/mol. The number of nitrogens with two attached hydrogens (primary N) is 1. The van der Waals surface area contributed by atoms with Gasteiger partial charge < -0.3 is 15.6 Å². The Labute approximate surface area is 84.9 Å². The zero-order chi connectivity index (χ0) is 9.56. The highest BCUT2D eigenvalue weighted by molar-refractivity contribution is 5.85. The second kappa shape index (κ2) is 8.29. The number of rotatable bonds is 6. The first-order valence-corrected chi connectivity index (χ1v) is 4.10. The Morgan fingerprint density at radius 1 is 1.54 bits per heavy atom. The van der Waals surface area contributed by atoms with Gasteiger partial charge in [-0.3, -0.25) is 4.79 Å². The highest BCUT2D eigenvalue weighted by Gasteiger charge is 2.10. The molecule has 0 rings (SSSR count). The van der Waals surface area contributed by atoms with Gasteiger partial charge >= 0.3 is 5.97 Å². The maximum absolute atomic E-state index is 10.2. The smallest absolute Gasteiger partial charge is 0.322 e. The molecular weight excluding hydrogens is 194 g/mol. The minimum Gasteiger partial charge on any atom is -0.480 e. The van der Waals surface area contributed by atoms with Crippen molar-refractivity contribution in [2.45, 2.75) is 26.3 Å². The summed E-state index contributed by atoms with van der Waals surface area (Å²) in [5.74, 6) is -0.439. The number of aliphatic carboxylic acids is 1. The van der Waals surface area contributed by atoms with E-state index in [1.807, 2.05) is 0 Å². The maximum atomic E-state index is 10.2. The molecule has 1 atom stereocenters. The van der Waals surface area contributed by atoms with Crippen molar-refractivity contribution in [3.8, 4) is 0 Å². The number of halogens is 1. The fourth-order valence-electron chi connectivity index (χ4n) is 0.601. The van der Waals surface area contributed by atoms with E-state index in [-0.39, 0.29) is 19.0 Å².